The zero-order valence-electron chi connectivity index (χ0n) is 9.90. The zero-order chi connectivity index (χ0) is 12.3. The normalized spacial score (nSPS) is 14.0. The van der Waals surface area contributed by atoms with E-state index in [0.717, 1.165) is 0 Å². The van der Waals surface area contributed by atoms with E-state index in [4.69, 9.17) is 4.74 Å². The molecule has 0 aliphatic rings. The van der Waals surface area contributed by atoms with E-state index in [0.29, 0.717) is 5.69 Å². The van der Waals surface area contributed by atoms with Crippen LogP contribution in [0.1, 0.15) is 19.5 Å². The van der Waals surface area contributed by atoms with E-state index in [1.807, 2.05) is 0 Å². The third-order valence-corrected chi connectivity index (χ3v) is 2.48. The molecule has 88 valence electrons. The van der Waals surface area contributed by atoms with Gasteiger partial charge in [0.25, 0.3) is 0 Å². The van der Waals surface area contributed by atoms with Gasteiger partial charge in [-0.1, -0.05) is 0 Å². The minimum absolute atomic E-state index is 0.283. The first kappa shape index (κ1) is 12.3. The van der Waals surface area contributed by atoms with Crippen molar-refractivity contribution in [2.75, 3.05) is 7.11 Å². The Morgan fingerprint density at radius 3 is 2.50 bits per heavy atom. The molecule has 1 rings (SSSR count). The van der Waals surface area contributed by atoms with Gasteiger partial charge in [0.15, 0.2) is 5.54 Å². The van der Waals surface area contributed by atoms with Gasteiger partial charge in [0.2, 0.25) is 5.91 Å². The number of ether oxygens (including phenoxy) is 1. The lowest BCUT2D eigenvalue weighted by molar-refractivity contribution is -0.150. The molecule has 1 atom stereocenters. The average Bonchev–Trinajstić information content (AvgIpc) is 2.62. The molecule has 1 N–H and O–H groups in total. The number of esters is 1. The summed E-state index contributed by atoms with van der Waals surface area (Å²) in [6.45, 7) is 2.99. The summed E-state index contributed by atoms with van der Waals surface area (Å²) < 4.78 is 6.50. The van der Waals surface area contributed by atoms with E-state index in [2.05, 4.69) is 5.32 Å². The summed E-state index contributed by atoms with van der Waals surface area (Å²) in [5.41, 5.74) is -0.478. The van der Waals surface area contributed by atoms with Crippen LogP contribution < -0.4 is 5.32 Å². The minimum Gasteiger partial charge on any atom is -0.467 e. The first-order valence-corrected chi connectivity index (χ1v) is 4.90. The molecule has 0 aromatic carbocycles. The van der Waals surface area contributed by atoms with Crippen LogP contribution in [0.25, 0.3) is 0 Å². The molecule has 0 radical (unpaired) electrons. The van der Waals surface area contributed by atoms with E-state index in [1.165, 1.54) is 14.0 Å². The first-order valence-electron chi connectivity index (χ1n) is 4.90. The SMILES string of the molecule is COC(=O)C(C)(NC(C)=O)c1cccn1C. The second-order valence-electron chi connectivity index (χ2n) is 3.80. The van der Waals surface area contributed by atoms with Crippen molar-refractivity contribution in [2.24, 2.45) is 7.05 Å². The van der Waals surface area contributed by atoms with Crippen LogP contribution in [0.15, 0.2) is 18.3 Å². The molecule has 0 fully saturated rings. The number of rotatable bonds is 3. The van der Waals surface area contributed by atoms with E-state index in [-0.39, 0.29) is 5.91 Å². The maximum absolute atomic E-state index is 11.8. The third-order valence-electron chi connectivity index (χ3n) is 2.48. The molecular formula is C11H16N2O3. The van der Waals surface area contributed by atoms with E-state index < -0.39 is 11.5 Å². The van der Waals surface area contributed by atoms with Crippen molar-refractivity contribution in [1.82, 2.24) is 9.88 Å². The average molecular weight is 224 g/mol. The lowest BCUT2D eigenvalue weighted by Gasteiger charge is -2.28. The number of carbonyl (C=O) groups is 2. The number of methoxy groups -OCH3 is 1. The number of amides is 1. The highest BCUT2D eigenvalue weighted by Crippen LogP contribution is 2.22. The minimum atomic E-state index is -1.15. The molecule has 0 saturated heterocycles. The van der Waals surface area contributed by atoms with Crippen molar-refractivity contribution in [3.63, 3.8) is 0 Å². The van der Waals surface area contributed by atoms with Crippen LogP contribution >= 0.6 is 0 Å². The molecule has 1 unspecified atom stereocenters. The van der Waals surface area contributed by atoms with Crippen molar-refractivity contribution in [3.05, 3.63) is 24.0 Å². The van der Waals surface area contributed by atoms with Crippen LogP contribution in [0.4, 0.5) is 0 Å². The summed E-state index contributed by atoms with van der Waals surface area (Å²) in [6.07, 6.45) is 1.80. The number of aromatic nitrogens is 1. The smallest absolute Gasteiger partial charge is 0.337 e. The molecule has 1 aromatic heterocycles. The van der Waals surface area contributed by atoms with Gasteiger partial charge in [-0.3, -0.25) is 4.79 Å². The van der Waals surface area contributed by atoms with Crippen molar-refractivity contribution in [1.29, 1.82) is 0 Å². The number of aryl methyl sites for hydroxylation is 1. The predicted molar refractivity (Wildman–Crippen MR) is 58.6 cm³/mol. The molecule has 1 amide bonds. The Hall–Kier alpha value is -1.78. The van der Waals surface area contributed by atoms with Crippen LogP contribution in [0.5, 0.6) is 0 Å². The van der Waals surface area contributed by atoms with Crippen LogP contribution in [-0.2, 0) is 26.9 Å². The quantitative estimate of drug-likeness (QED) is 0.763. The topological polar surface area (TPSA) is 60.3 Å². The zero-order valence-corrected chi connectivity index (χ0v) is 9.90. The predicted octanol–water partition coefficient (Wildman–Crippen LogP) is 0.549. The molecule has 0 saturated carbocycles. The molecule has 0 aliphatic heterocycles. The molecule has 1 heterocycles. The van der Waals surface area contributed by atoms with Gasteiger partial charge in [0, 0.05) is 20.2 Å². The number of hydrogen-bond donors (Lipinski definition) is 1. The lowest BCUT2D eigenvalue weighted by atomic mass is 9.97. The van der Waals surface area contributed by atoms with Gasteiger partial charge >= 0.3 is 5.97 Å². The van der Waals surface area contributed by atoms with Gasteiger partial charge < -0.3 is 14.6 Å². The van der Waals surface area contributed by atoms with Crippen LogP contribution in [0, 0.1) is 0 Å². The van der Waals surface area contributed by atoms with Crippen molar-refractivity contribution in [3.8, 4) is 0 Å². The molecular weight excluding hydrogens is 208 g/mol. The van der Waals surface area contributed by atoms with Crippen LogP contribution in [0.2, 0.25) is 0 Å². The van der Waals surface area contributed by atoms with Crippen LogP contribution in [0.3, 0.4) is 0 Å². The fourth-order valence-corrected chi connectivity index (χ4v) is 1.76. The summed E-state index contributed by atoms with van der Waals surface area (Å²) in [6, 6.07) is 3.57. The van der Waals surface area contributed by atoms with Crippen molar-refractivity contribution in [2.45, 2.75) is 19.4 Å². The van der Waals surface area contributed by atoms with Gasteiger partial charge in [-0.25, -0.2) is 4.79 Å². The standard InChI is InChI=1S/C11H16N2O3/c1-8(14)12-11(2,10(15)16-4)9-6-5-7-13(9)3/h5-7H,1-4H3,(H,12,14). The van der Waals surface area contributed by atoms with Crippen molar-refractivity contribution < 1.29 is 14.3 Å². The fraction of sp³-hybridized carbons (Fsp3) is 0.455. The van der Waals surface area contributed by atoms with Gasteiger partial charge in [-0.2, -0.15) is 0 Å². The maximum Gasteiger partial charge on any atom is 0.337 e. The first-order chi connectivity index (χ1) is 7.41. The molecule has 1 aromatic rings. The largest absolute Gasteiger partial charge is 0.467 e. The Kier molecular flexibility index (Phi) is 3.37. The van der Waals surface area contributed by atoms with Gasteiger partial charge in [-0.15, -0.1) is 0 Å². The summed E-state index contributed by atoms with van der Waals surface area (Å²) in [4.78, 5) is 22.9. The highest BCUT2D eigenvalue weighted by molar-refractivity contribution is 5.87. The Labute approximate surface area is 94.4 Å². The highest BCUT2D eigenvalue weighted by Gasteiger charge is 2.39. The number of hydrogen-bond acceptors (Lipinski definition) is 3. The molecule has 0 bridgehead atoms. The second kappa shape index (κ2) is 4.38. The van der Waals surface area contributed by atoms with Gasteiger partial charge in [0.05, 0.1) is 12.8 Å². The van der Waals surface area contributed by atoms with Gasteiger partial charge in [0.1, 0.15) is 0 Å². The lowest BCUT2D eigenvalue weighted by Crippen LogP contribution is -2.50. The molecule has 5 heteroatoms. The fourth-order valence-electron chi connectivity index (χ4n) is 1.76. The van der Waals surface area contributed by atoms with E-state index in [1.54, 1.807) is 36.9 Å². The number of carbonyl (C=O) groups excluding carboxylic acids is 2. The number of nitrogens with zero attached hydrogens (tertiary/aromatic N) is 1. The Balaban J connectivity index is 3.19. The molecule has 0 spiro atoms. The summed E-state index contributed by atoms with van der Waals surface area (Å²) in [5.74, 6) is -0.779. The van der Waals surface area contributed by atoms with Gasteiger partial charge in [-0.05, 0) is 19.1 Å². The number of nitrogens with one attached hydrogen (secondary N) is 1. The third kappa shape index (κ3) is 2.08. The molecule has 0 aliphatic carbocycles. The monoisotopic (exact) mass is 224 g/mol. The summed E-state index contributed by atoms with van der Waals surface area (Å²) >= 11 is 0. The molecule has 16 heavy (non-hydrogen) atoms. The maximum atomic E-state index is 11.8. The highest BCUT2D eigenvalue weighted by atomic mass is 16.5. The summed E-state index contributed by atoms with van der Waals surface area (Å²) in [7, 11) is 3.10. The Morgan fingerprint density at radius 1 is 1.50 bits per heavy atom. The van der Waals surface area contributed by atoms with E-state index in [9.17, 15) is 9.59 Å². The Morgan fingerprint density at radius 2 is 2.12 bits per heavy atom. The van der Waals surface area contributed by atoms with Crippen LogP contribution in [-0.4, -0.2) is 23.6 Å². The Bertz CT molecular complexity index is 411. The second-order valence-corrected chi connectivity index (χ2v) is 3.80. The summed E-state index contributed by atoms with van der Waals surface area (Å²) in [5, 5.41) is 2.62. The molecule has 5 nitrogen and oxygen atoms in total. The van der Waals surface area contributed by atoms with E-state index >= 15 is 0 Å². The van der Waals surface area contributed by atoms with Crippen molar-refractivity contribution >= 4 is 11.9 Å².